The summed E-state index contributed by atoms with van der Waals surface area (Å²) in [6.45, 7) is 0. The summed E-state index contributed by atoms with van der Waals surface area (Å²) in [6, 6.07) is 6.11. The SMILES string of the molecule is CN(C)c1nc(N)c(C(=O)Nc2ccc3c(c2)CCC3)s1. The number of benzene rings is 1. The highest BCUT2D eigenvalue weighted by Crippen LogP contribution is 2.29. The van der Waals surface area contributed by atoms with Crippen LogP contribution in [0.25, 0.3) is 0 Å². The Balaban J connectivity index is 1.80. The molecule has 0 fully saturated rings. The fourth-order valence-electron chi connectivity index (χ4n) is 2.51. The zero-order chi connectivity index (χ0) is 15.0. The Kier molecular flexibility index (Phi) is 3.55. The first-order valence-electron chi connectivity index (χ1n) is 6.91. The fourth-order valence-corrected chi connectivity index (χ4v) is 3.31. The van der Waals surface area contributed by atoms with Crippen LogP contribution < -0.4 is 16.0 Å². The first-order valence-corrected chi connectivity index (χ1v) is 7.73. The van der Waals surface area contributed by atoms with Crippen LogP contribution in [0, 0.1) is 0 Å². The van der Waals surface area contributed by atoms with Crippen molar-refractivity contribution >= 4 is 33.9 Å². The summed E-state index contributed by atoms with van der Waals surface area (Å²) in [4.78, 5) is 18.8. The van der Waals surface area contributed by atoms with E-state index in [-0.39, 0.29) is 11.7 Å². The van der Waals surface area contributed by atoms with Crippen molar-refractivity contribution in [2.75, 3.05) is 30.0 Å². The number of nitrogens with zero attached hydrogens (tertiary/aromatic N) is 2. The quantitative estimate of drug-likeness (QED) is 0.914. The Morgan fingerprint density at radius 1 is 1.33 bits per heavy atom. The number of aromatic nitrogens is 1. The summed E-state index contributed by atoms with van der Waals surface area (Å²) in [5, 5.41) is 3.64. The van der Waals surface area contributed by atoms with Crippen molar-refractivity contribution in [3.8, 4) is 0 Å². The van der Waals surface area contributed by atoms with Crippen LogP contribution >= 0.6 is 11.3 Å². The number of nitrogens with one attached hydrogen (secondary N) is 1. The molecule has 5 nitrogen and oxygen atoms in total. The van der Waals surface area contributed by atoms with Gasteiger partial charge >= 0.3 is 0 Å². The monoisotopic (exact) mass is 302 g/mol. The Morgan fingerprint density at radius 3 is 2.81 bits per heavy atom. The number of hydrogen-bond donors (Lipinski definition) is 2. The molecule has 110 valence electrons. The Bertz CT molecular complexity index is 693. The van der Waals surface area contributed by atoms with Gasteiger partial charge in [0.1, 0.15) is 10.7 Å². The summed E-state index contributed by atoms with van der Waals surface area (Å²) in [6.07, 6.45) is 3.42. The molecule has 1 amide bonds. The van der Waals surface area contributed by atoms with Gasteiger partial charge in [0.2, 0.25) is 0 Å². The maximum atomic E-state index is 12.3. The van der Waals surface area contributed by atoms with Crippen LogP contribution in [0.4, 0.5) is 16.6 Å². The molecule has 21 heavy (non-hydrogen) atoms. The smallest absolute Gasteiger partial charge is 0.269 e. The van der Waals surface area contributed by atoms with Gasteiger partial charge in [-0.1, -0.05) is 17.4 Å². The summed E-state index contributed by atoms with van der Waals surface area (Å²) in [5.41, 5.74) is 9.38. The van der Waals surface area contributed by atoms with Gasteiger partial charge < -0.3 is 16.0 Å². The van der Waals surface area contributed by atoms with Gasteiger partial charge in [-0.3, -0.25) is 4.79 Å². The molecule has 1 aliphatic rings. The maximum Gasteiger partial charge on any atom is 0.269 e. The van der Waals surface area contributed by atoms with Crippen LogP contribution in [0.1, 0.15) is 27.2 Å². The van der Waals surface area contributed by atoms with E-state index in [9.17, 15) is 4.79 Å². The van der Waals surface area contributed by atoms with E-state index in [0.717, 1.165) is 23.7 Å². The van der Waals surface area contributed by atoms with E-state index in [1.165, 1.54) is 28.9 Å². The number of amides is 1. The second-order valence-electron chi connectivity index (χ2n) is 5.40. The van der Waals surface area contributed by atoms with Crippen molar-refractivity contribution < 1.29 is 4.79 Å². The standard InChI is InChI=1S/C15H18N4OS/c1-19(2)15-18-13(16)12(21-15)14(20)17-11-7-6-9-4-3-5-10(9)8-11/h6-8H,3-5,16H2,1-2H3,(H,17,20). The summed E-state index contributed by atoms with van der Waals surface area (Å²) in [7, 11) is 3.75. The first kappa shape index (κ1) is 13.9. The molecule has 0 unspecified atom stereocenters. The highest BCUT2D eigenvalue weighted by atomic mass is 32.1. The van der Waals surface area contributed by atoms with Crippen molar-refractivity contribution in [1.29, 1.82) is 0 Å². The van der Waals surface area contributed by atoms with Crippen LogP contribution in [0.15, 0.2) is 18.2 Å². The largest absolute Gasteiger partial charge is 0.382 e. The minimum absolute atomic E-state index is 0.198. The molecule has 0 atom stereocenters. The molecule has 0 bridgehead atoms. The summed E-state index contributed by atoms with van der Waals surface area (Å²) >= 11 is 1.30. The number of rotatable bonds is 3. The van der Waals surface area contributed by atoms with Crippen molar-refractivity contribution in [3.05, 3.63) is 34.2 Å². The average Bonchev–Trinajstić information content (AvgIpc) is 3.04. The predicted octanol–water partition coefficient (Wildman–Crippen LogP) is 2.53. The minimum Gasteiger partial charge on any atom is -0.382 e. The van der Waals surface area contributed by atoms with E-state index in [1.807, 2.05) is 25.1 Å². The summed E-state index contributed by atoms with van der Waals surface area (Å²) in [5.74, 6) is 0.0819. The number of carbonyl (C=O) groups is 1. The van der Waals surface area contributed by atoms with Crippen LogP contribution in [0.2, 0.25) is 0 Å². The van der Waals surface area contributed by atoms with E-state index >= 15 is 0 Å². The molecule has 1 heterocycles. The molecule has 3 N–H and O–H groups in total. The lowest BCUT2D eigenvalue weighted by molar-refractivity contribution is 0.103. The third-order valence-corrected chi connectivity index (χ3v) is 4.82. The van der Waals surface area contributed by atoms with Crippen molar-refractivity contribution in [2.24, 2.45) is 0 Å². The normalized spacial score (nSPS) is 13.0. The van der Waals surface area contributed by atoms with E-state index in [0.29, 0.717) is 4.88 Å². The molecular formula is C15H18N4OS. The number of hydrogen-bond acceptors (Lipinski definition) is 5. The molecule has 0 aliphatic heterocycles. The zero-order valence-corrected chi connectivity index (χ0v) is 13.0. The Labute approximate surface area is 127 Å². The number of nitrogens with two attached hydrogens (primary N) is 1. The lowest BCUT2D eigenvalue weighted by Gasteiger charge is -2.07. The van der Waals surface area contributed by atoms with E-state index < -0.39 is 0 Å². The van der Waals surface area contributed by atoms with E-state index in [4.69, 9.17) is 5.73 Å². The van der Waals surface area contributed by atoms with Crippen LogP contribution in [-0.4, -0.2) is 25.0 Å². The third-order valence-electron chi connectivity index (χ3n) is 3.59. The highest BCUT2D eigenvalue weighted by molar-refractivity contribution is 7.18. The Hall–Kier alpha value is -2.08. The zero-order valence-electron chi connectivity index (χ0n) is 12.1. The van der Waals surface area contributed by atoms with E-state index in [1.54, 1.807) is 0 Å². The van der Waals surface area contributed by atoms with Gasteiger partial charge in [0.05, 0.1) is 0 Å². The lowest BCUT2D eigenvalue weighted by Crippen LogP contribution is -2.12. The predicted molar refractivity (Wildman–Crippen MR) is 87.3 cm³/mol. The molecule has 1 aromatic carbocycles. The van der Waals surface area contributed by atoms with Gasteiger partial charge in [0.25, 0.3) is 5.91 Å². The number of aryl methyl sites for hydroxylation is 2. The average molecular weight is 302 g/mol. The second-order valence-corrected chi connectivity index (χ2v) is 6.37. The molecule has 0 saturated carbocycles. The fraction of sp³-hybridized carbons (Fsp3) is 0.333. The minimum atomic E-state index is -0.198. The second kappa shape index (κ2) is 5.37. The molecule has 0 saturated heterocycles. The third kappa shape index (κ3) is 2.71. The van der Waals surface area contributed by atoms with Crippen LogP contribution in [0.3, 0.4) is 0 Å². The van der Waals surface area contributed by atoms with Gasteiger partial charge in [-0.05, 0) is 42.5 Å². The van der Waals surface area contributed by atoms with Gasteiger partial charge in [0, 0.05) is 19.8 Å². The molecular weight excluding hydrogens is 284 g/mol. The van der Waals surface area contributed by atoms with Gasteiger partial charge in [-0.2, -0.15) is 0 Å². The van der Waals surface area contributed by atoms with Crippen molar-refractivity contribution in [3.63, 3.8) is 0 Å². The van der Waals surface area contributed by atoms with Crippen molar-refractivity contribution in [1.82, 2.24) is 4.98 Å². The molecule has 3 rings (SSSR count). The van der Waals surface area contributed by atoms with Crippen molar-refractivity contribution in [2.45, 2.75) is 19.3 Å². The summed E-state index contributed by atoms with van der Waals surface area (Å²) < 4.78 is 0. The van der Waals surface area contributed by atoms with Crippen LogP contribution in [-0.2, 0) is 12.8 Å². The molecule has 1 aliphatic carbocycles. The number of fused-ring (bicyclic) bond motifs is 1. The molecule has 1 aromatic heterocycles. The maximum absolute atomic E-state index is 12.3. The molecule has 2 aromatic rings. The van der Waals surface area contributed by atoms with Crippen LogP contribution in [0.5, 0.6) is 0 Å². The van der Waals surface area contributed by atoms with E-state index in [2.05, 4.69) is 22.4 Å². The number of carbonyl (C=O) groups excluding carboxylic acids is 1. The Morgan fingerprint density at radius 2 is 2.10 bits per heavy atom. The number of anilines is 3. The number of thiazole rings is 1. The van der Waals surface area contributed by atoms with Gasteiger partial charge in [0.15, 0.2) is 5.13 Å². The molecule has 6 heteroatoms. The topological polar surface area (TPSA) is 71.2 Å². The lowest BCUT2D eigenvalue weighted by atomic mass is 10.1. The molecule has 0 radical (unpaired) electrons. The molecule has 0 spiro atoms. The van der Waals surface area contributed by atoms with Gasteiger partial charge in [-0.25, -0.2) is 4.98 Å². The first-order chi connectivity index (χ1) is 10.0. The highest BCUT2D eigenvalue weighted by Gasteiger charge is 2.18. The van der Waals surface area contributed by atoms with Gasteiger partial charge in [-0.15, -0.1) is 0 Å². The number of nitrogen functional groups attached to an aromatic ring is 1.